The summed E-state index contributed by atoms with van der Waals surface area (Å²) in [5.74, 6) is 7.09. The van der Waals surface area contributed by atoms with E-state index in [0.29, 0.717) is 28.4 Å². The number of aromatic nitrogens is 4. The molecule has 0 fully saturated rings. The summed E-state index contributed by atoms with van der Waals surface area (Å²) in [4.78, 5) is 8.34. The number of ether oxygens (including phenoxy) is 2. The number of aromatic amines is 1. The van der Waals surface area contributed by atoms with E-state index in [0.717, 1.165) is 5.56 Å². The van der Waals surface area contributed by atoms with Crippen LogP contribution in [-0.4, -0.2) is 27.3 Å². The lowest BCUT2D eigenvalue weighted by Gasteiger charge is -2.11. The molecule has 1 aromatic carbocycles. The summed E-state index contributed by atoms with van der Waals surface area (Å²) in [5, 5.41) is 7.33. The van der Waals surface area contributed by atoms with Gasteiger partial charge < -0.3 is 9.47 Å². The topological polar surface area (TPSA) is 111 Å². The first-order chi connectivity index (χ1) is 10.2. The summed E-state index contributed by atoms with van der Waals surface area (Å²) >= 11 is 0. The molecule has 0 aliphatic rings. The van der Waals surface area contributed by atoms with Gasteiger partial charge in [0.2, 0.25) is 11.8 Å². The normalized spacial score (nSPS) is 10.6. The van der Waals surface area contributed by atoms with Crippen molar-refractivity contribution in [3.05, 3.63) is 30.0 Å². The van der Waals surface area contributed by atoms with E-state index >= 15 is 0 Å². The Labute approximate surface area is 120 Å². The van der Waals surface area contributed by atoms with E-state index < -0.39 is 0 Å². The Hall–Kier alpha value is -2.87. The number of nitrogens with one attached hydrogen (secondary N) is 2. The molecule has 0 aliphatic carbocycles. The number of hydrogen-bond acceptors (Lipinski definition) is 7. The van der Waals surface area contributed by atoms with Gasteiger partial charge in [0.05, 0.1) is 13.3 Å². The van der Waals surface area contributed by atoms with Crippen molar-refractivity contribution in [1.82, 2.24) is 20.2 Å². The largest absolute Gasteiger partial charge is 0.493 e. The Balaban J connectivity index is 2.07. The lowest BCUT2D eigenvalue weighted by atomic mass is 10.2. The Bertz CT molecular complexity index is 785. The quantitative estimate of drug-likeness (QED) is 0.495. The van der Waals surface area contributed by atoms with Crippen LogP contribution in [0.5, 0.6) is 17.4 Å². The van der Waals surface area contributed by atoms with Crippen LogP contribution >= 0.6 is 0 Å². The molecule has 0 atom stereocenters. The second-order valence-corrected chi connectivity index (χ2v) is 4.39. The molecule has 0 amide bonds. The lowest BCUT2D eigenvalue weighted by Crippen LogP contribution is -2.11. The van der Waals surface area contributed by atoms with Gasteiger partial charge in [0.15, 0.2) is 17.1 Å². The molecule has 108 valence electrons. The van der Waals surface area contributed by atoms with Crippen LogP contribution in [0.15, 0.2) is 24.4 Å². The van der Waals surface area contributed by atoms with Crippen LogP contribution in [-0.2, 0) is 0 Å². The third kappa shape index (κ3) is 2.43. The molecule has 0 spiro atoms. The van der Waals surface area contributed by atoms with Gasteiger partial charge in [0.25, 0.3) is 0 Å². The molecule has 2 heterocycles. The van der Waals surface area contributed by atoms with E-state index in [2.05, 4.69) is 25.6 Å². The number of nitrogens with zero attached hydrogens (tertiary/aromatic N) is 3. The van der Waals surface area contributed by atoms with Crippen LogP contribution in [0, 0.1) is 6.92 Å². The van der Waals surface area contributed by atoms with Gasteiger partial charge in [-0.25, -0.2) is 5.84 Å². The number of benzene rings is 1. The lowest BCUT2D eigenvalue weighted by molar-refractivity contribution is 0.375. The van der Waals surface area contributed by atoms with E-state index in [1.54, 1.807) is 13.3 Å². The molecule has 0 unspecified atom stereocenters. The molecule has 8 nitrogen and oxygen atoms in total. The predicted molar refractivity (Wildman–Crippen MR) is 77.3 cm³/mol. The smallest absolute Gasteiger partial charge is 0.242 e. The van der Waals surface area contributed by atoms with Gasteiger partial charge in [-0.2, -0.15) is 15.1 Å². The van der Waals surface area contributed by atoms with Gasteiger partial charge in [-0.15, -0.1) is 0 Å². The highest BCUT2D eigenvalue weighted by molar-refractivity contribution is 5.81. The fourth-order valence-corrected chi connectivity index (χ4v) is 1.91. The van der Waals surface area contributed by atoms with Crippen LogP contribution in [0.1, 0.15) is 5.56 Å². The number of fused-ring (bicyclic) bond motifs is 1. The molecule has 0 radical (unpaired) electrons. The van der Waals surface area contributed by atoms with Gasteiger partial charge >= 0.3 is 0 Å². The molecule has 8 heteroatoms. The fourth-order valence-electron chi connectivity index (χ4n) is 1.91. The number of nitrogens with two attached hydrogens (primary N) is 1. The summed E-state index contributed by atoms with van der Waals surface area (Å²) in [5.41, 5.74) is 3.99. The van der Waals surface area contributed by atoms with Gasteiger partial charge in [-0.05, 0) is 24.6 Å². The summed E-state index contributed by atoms with van der Waals surface area (Å²) in [7, 11) is 1.59. The van der Waals surface area contributed by atoms with Gasteiger partial charge in [-0.3, -0.25) is 10.5 Å². The first-order valence-electron chi connectivity index (χ1n) is 6.21. The van der Waals surface area contributed by atoms with Crippen LogP contribution < -0.4 is 20.7 Å². The average molecular weight is 286 g/mol. The Morgan fingerprint density at radius 2 is 2.10 bits per heavy atom. The first kappa shape index (κ1) is 13.1. The van der Waals surface area contributed by atoms with E-state index in [4.69, 9.17) is 15.3 Å². The summed E-state index contributed by atoms with van der Waals surface area (Å²) in [6.45, 7) is 1.97. The maximum Gasteiger partial charge on any atom is 0.242 e. The van der Waals surface area contributed by atoms with Gasteiger partial charge in [0, 0.05) is 0 Å². The number of rotatable bonds is 4. The maximum atomic E-state index is 5.84. The minimum atomic E-state index is 0.229. The van der Waals surface area contributed by atoms with Crippen LogP contribution in [0.3, 0.4) is 0 Å². The van der Waals surface area contributed by atoms with E-state index in [9.17, 15) is 0 Å². The number of nitrogen functional groups attached to an aromatic ring is 1. The third-order valence-electron chi connectivity index (χ3n) is 2.93. The van der Waals surface area contributed by atoms with Crippen molar-refractivity contribution in [2.45, 2.75) is 6.92 Å². The number of methoxy groups -OCH3 is 1. The fraction of sp³-hybridized carbons (Fsp3) is 0.154. The van der Waals surface area contributed by atoms with E-state index in [1.807, 2.05) is 25.1 Å². The number of H-pyrrole nitrogens is 1. The SMILES string of the molecule is COc1cc(C)ccc1Oc1nc(NN)nc2[nH]ncc12. The molecule has 2 aromatic heterocycles. The van der Waals surface area contributed by atoms with Crippen molar-refractivity contribution in [2.24, 2.45) is 5.84 Å². The summed E-state index contributed by atoms with van der Waals surface area (Å²) in [6.07, 6.45) is 1.59. The zero-order valence-corrected chi connectivity index (χ0v) is 11.5. The van der Waals surface area contributed by atoms with Gasteiger partial charge in [-0.1, -0.05) is 6.07 Å². The first-order valence-corrected chi connectivity index (χ1v) is 6.21. The third-order valence-corrected chi connectivity index (χ3v) is 2.93. The van der Waals surface area contributed by atoms with Crippen molar-refractivity contribution in [3.8, 4) is 17.4 Å². The molecule has 0 saturated heterocycles. The number of aryl methyl sites for hydroxylation is 1. The molecule has 21 heavy (non-hydrogen) atoms. The van der Waals surface area contributed by atoms with Crippen molar-refractivity contribution in [3.63, 3.8) is 0 Å². The number of anilines is 1. The second kappa shape index (κ2) is 5.25. The Morgan fingerprint density at radius 1 is 1.24 bits per heavy atom. The predicted octanol–water partition coefficient (Wildman–Crippen LogP) is 1.75. The molecule has 4 N–H and O–H groups in total. The molecule has 0 bridgehead atoms. The number of hydrazine groups is 1. The monoisotopic (exact) mass is 286 g/mol. The van der Waals surface area contributed by atoms with E-state index in [-0.39, 0.29) is 5.95 Å². The van der Waals surface area contributed by atoms with Crippen LogP contribution in [0.25, 0.3) is 11.0 Å². The average Bonchev–Trinajstić information content (AvgIpc) is 2.97. The highest BCUT2D eigenvalue weighted by Crippen LogP contribution is 2.34. The zero-order valence-electron chi connectivity index (χ0n) is 11.5. The van der Waals surface area contributed by atoms with E-state index in [1.165, 1.54) is 0 Å². The molecular weight excluding hydrogens is 272 g/mol. The van der Waals surface area contributed by atoms with Crippen LogP contribution in [0.2, 0.25) is 0 Å². The minimum absolute atomic E-state index is 0.229. The maximum absolute atomic E-state index is 5.84. The van der Waals surface area contributed by atoms with Crippen molar-refractivity contribution >= 4 is 17.0 Å². The molecule has 3 aromatic rings. The molecule has 0 aliphatic heterocycles. The molecular formula is C13H14N6O2. The standard InChI is InChI=1S/C13H14N6O2/c1-7-3-4-9(10(5-7)20-2)21-12-8-6-15-19-11(8)16-13(17-12)18-14/h3-6H,14H2,1-2H3,(H2,15,16,17,18,19). The minimum Gasteiger partial charge on any atom is -0.493 e. The molecule has 3 rings (SSSR count). The zero-order chi connectivity index (χ0) is 14.8. The van der Waals surface area contributed by atoms with Crippen molar-refractivity contribution in [2.75, 3.05) is 12.5 Å². The molecule has 0 saturated carbocycles. The summed E-state index contributed by atoms with van der Waals surface area (Å²) in [6, 6.07) is 5.62. The number of hydrogen-bond donors (Lipinski definition) is 3. The van der Waals surface area contributed by atoms with Crippen molar-refractivity contribution in [1.29, 1.82) is 0 Å². The van der Waals surface area contributed by atoms with Crippen molar-refractivity contribution < 1.29 is 9.47 Å². The highest BCUT2D eigenvalue weighted by Gasteiger charge is 2.13. The summed E-state index contributed by atoms with van der Waals surface area (Å²) < 4.78 is 11.2. The second-order valence-electron chi connectivity index (χ2n) is 4.39. The highest BCUT2D eigenvalue weighted by atomic mass is 16.5. The van der Waals surface area contributed by atoms with Gasteiger partial charge in [0.1, 0.15) is 5.39 Å². The Morgan fingerprint density at radius 3 is 2.86 bits per heavy atom. The Kier molecular flexibility index (Phi) is 3.28. The van der Waals surface area contributed by atoms with Crippen LogP contribution in [0.4, 0.5) is 5.95 Å².